The van der Waals surface area contributed by atoms with Crippen molar-refractivity contribution in [2.45, 2.75) is 52.1 Å². The van der Waals surface area contributed by atoms with Gasteiger partial charge < -0.3 is 5.32 Å². The highest BCUT2D eigenvalue weighted by Gasteiger charge is 2.19. The monoisotopic (exact) mass is 221 g/mol. The first-order valence-corrected chi connectivity index (χ1v) is 6.46. The molecule has 1 N–H and O–H groups in total. The number of aromatic nitrogens is 2. The van der Waals surface area contributed by atoms with Crippen LogP contribution in [-0.2, 0) is 6.54 Å². The van der Waals surface area contributed by atoms with E-state index < -0.39 is 0 Å². The van der Waals surface area contributed by atoms with Crippen molar-refractivity contribution >= 4 is 0 Å². The molecule has 1 aliphatic rings. The van der Waals surface area contributed by atoms with E-state index in [0.717, 1.165) is 19.0 Å². The average Bonchev–Trinajstić information content (AvgIpc) is 2.58. The van der Waals surface area contributed by atoms with E-state index in [2.05, 4.69) is 30.5 Å². The molecule has 1 saturated carbocycles. The molecule has 16 heavy (non-hydrogen) atoms. The van der Waals surface area contributed by atoms with E-state index in [9.17, 15) is 0 Å². The molecule has 0 spiro atoms. The molecule has 90 valence electrons. The maximum Gasteiger partial charge on any atom is 0.0534 e. The quantitative estimate of drug-likeness (QED) is 0.799. The standard InChI is InChI=1S/C13H23N3/c1-11-9-15-16(10-11)7-6-14-12(2)8-13-4-3-5-13/h9-10,12-14H,3-8H2,1-2H3. The second-order valence-corrected chi connectivity index (χ2v) is 5.17. The lowest BCUT2D eigenvalue weighted by Crippen LogP contribution is -2.32. The number of aryl methyl sites for hydroxylation is 1. The minimum absolute atomic E-state index is 0.655. The number of nitrogens with zero attached hydrogens (tertiary/aromatic N) is 2. The summed E-state index contributed by atoms with van der Waals surface area (Å²) in [6.07, 6.45) is 9.70. The molecule has 1 heterocycles. The molecule has 1 fully saturated rings. The Bertz CT molecular complexity index is 315. The van der Waals surface area contributed by atoms with Crippen molar-refractivity contribution < 1.29 is 0 Å². The van der Waals surface area contributed by atoms with Crippen molar-refractivity contribution in [3.8, 4) is 0 Å². The SMILES string of the molecule is Cc1cnn(CCNC(C)CC2CCC2)c1. The maximum atomic E-state index is 4.28. The molecule has 2 rings (SSSR count). The van der Waals surface area contributed by atoms with Gasteiger partial charge in [0.05, 0.1) is 12.7 Å². The third kappa shape index (κ3) is 3.34. The Kier molecular flexibility index (Phi) is 3.99. The van der Waals surface area contributed by atoms with E-state index in [1.54, 1.807) is 0 Å². The van der Waals surface area contributed by atoms with Gasteiger partial charge in [0.1, 0.15) is 0 Å². The van der Waals surface area contributed by atoms with Crippen LogP contribution in [0.3, 0.4) is 0 Å². The number of hydrogen-bond donors (Lipinski definition) is 1. The minimum Gasteiger partial charge on any atom is -0.312 e. The highest BCUT2D eigenvalue weighted by atomic mass is 15.3. The van der Waals surface area contributed by atoms with Gasteiger partial charge in [-0.25, -0.2) is 0 Å². The van der Waals surface area contributed by atoms with Gasteiger partial charge in [0.25, 0.3) is 0 Å². The zero-order valence-corrected chi connectivity index (χ0v) is 10.4. The molecule has 3 nitrogen and oxygen atoms in total. The molecular weight excluding hydrogens is 198 g/mol. The van der Waals surface area contributed by atoms with Crippen LogP contribution in [0.25, 0.3) is 0 Å². The van der Waals surface area contributed by atoms with Gasteiger partial charge >= 0.3 is 0 Å². The smallest absolute Gasteiger partial charge is 0.0534 e. The molecule has 1 aliphatic carbocycles. The van der Waals surface area contributed by atoms with Crippen LogP contribution in [0.4, 0.5) is 0 Å². The zero-order valence-electron chi connectivity index (χ0n) is 10.4. The average molecular weight is 221 g/mol. The summed E-state index contributed by atoms with van der Waals surface area (Å²) in [6.45, 7) is 6.38. The maximum absolute atomic E-state index is 4.28. The van der Waals surface area contributed by atoms with Crippen LogP contribution in [0.2, 0.25) is 0 Å². The summed E-state index contributed by atoms with van der Waals surface area (Å²) in [5, 5.41) is 7.86. The third-order valence-corrected chi connectivity index (χ3v) is 3.51. The molecule has 1 aromatic heterocycles. The van der Waals surface area contributed by atoms with Gasteiger partial charge in [-0.1, -0.05) is 19.3 Å². The lowest BCUT2D eigenvalue weighted by Gasteiger charge is -2.28. The Balaban J connectivity index is 1.59. The van der Waals surface area contributed by atoms with Gasteiger partial charge in [0, 0.05) is 18.8 Å². The lowest BCUT2D eigenvalue weighted by atomic mass is 9.81. The lowest BCUT2D eigenvalue weighted by molar-refractivity contribution is 0.265. The van der Waals surface area contributed by atoms with Gasteiger partial charge in [-0.05, 0) is 31.7 Å². The number of rotatable bonds is 6. The highest BCUT2D eigenvalue weighted by molar-refractivity contribution is 4.99. The summed E-state index contributed by atoms with van der Waals surface area (Å²) in [4.78, 5) is 0. The molecule has 0 aliphatic heterocycles. The summed E-state index contributed by atoms with van der Waals surface area (Å²) in [5.74, 6) is 0.995. The van der Waals surface area contributed by atoms with Crippen LogP contribution in [0, 0.1) is 12.8 Å². The fraction of sp³-hybridized carbons (Fsp3) is 0.769. The molecule has 0 saturated heterocycles. The Morgan fingerprint density at radius 1 is 1.56 bits per heavy atom. The zero-order chi connectivity index (χ0) is 11.4. The first kappa shape index (κ1) is 11.6. The van der Waals surface area contributed by atoms with E-state index >= 15 is 0 Å². The molecule has 0 amide bonds. The second kappa shape index (κ2) is 5.48. The van der Waals surface area contributed by atoms with Crippen molar-refractivity contribution in [2.75, 3.05) is 6.54 Å². The normalized spacial score (nSPS) is 18.4. The van der Waals surface area contributed by atoms with Crippen LogP contribution in [-0.4, -0.2) is 22.4 Å². The summed E-state index contributed by atoms with van der Waals surface area (Å²) in [6, 6.07) is 0.655. The van der Waals surface area contributed by atoms with E-state index in [-0.39, 0.29) is 0 Å². The Hall–Kier alpha value is -0.830. The predicted molar refractivity (Wildman–Crippen MR) is 66.4 cm³/mol. The predicted octanol–water partition coefficient (Wildman–Crippen LogP) is 2.36. The summed E-state index contributed by atoms with van der Waals surface area (Å²) >= 11 is 0. The Labute approximate surface area is 98.2 Å². The molecule has 1 unspecified atom stereocenters. The van der Waals surface area contributed by atoms with Crippen molar-refractivity contribution in [3.63, 3.8) is 0 Å². The number of nitrogens with one attached hydrogen (secondary N) is 1. The number of hydrogen-bond acceptors (Lipinski definition) is 2. The molecular formula is C13H23N3. The first-order valence-electron chi connectivity index (χ1n) is 6.46. The van der Waals surface area contributed by atoms with Gasteiger partial charge in [-0.15, -0.1) is 0 Å². The van der Waals surface area contributed by atoms with Crippen LogP contribution < -0.4 is 5.32 Å². The van der Waals surface area contributed by atoms with E-state index in [4.69, 9.17) is 0 Å². The fourth-order valence-corrected chi connectivity index (χ4v) is 2.33. The van der Waals surface area contributed by atoms with Crippen LogP contribution in [0.5, 0.6) is 0 Å². The molecule has 1 atom stereocenters. The van der Waals surface area contributed by atoms with Gasteiger partial charge in [0.2, 0.25) is 0 Å². The fourth-order valence-electron chi connectivity index (χ4n) is 2.33. The minimum atomic E-state index is 0.655. The summed E-state index contributed by atoms with van der Waals surface area (Å²) in [5.41, 5.74) is 1.24. The van der Waals surface area contributed by atoms with Crippen molar-refractivity contribution in [1.29, 1.82) is 0 Å². The van der Waals surface area contributed by atoms with E-state index in [1.165, 1.54) is 31.2 Å². The van der Waals surface area contributed by atoms with Crippen molar-refractivity contribution in [2.24, 2.45) is 5.92 Å². The van der Waals surface area contributed by atoms with E-state index in [0.29, 0.717) is 6.04 Å². The topological polar surface area (TPSA) is 29.9 Å². The molecule has 0 radical (unpaired) electrons. The molecule has 0 aromatic carbocycles. The Morgan fingerprint density at radius 2 is 2.38 bits per heavy atom. The molecule has 1 aromatic rings. The highest BCUT2D eigenvalue weighted by Crippen LogP contribution is 2.30. The van der Waals surface area contributed by atoms with Crippen LogP contribution >= 0.6 is 0 Å². The van der Waals surface area contributed by atoms with Gasteiger partial charge in [-0.2, -0.15) is 5.10 Å². The van der Waals surface area contributed by atoms with E-state index in [1.807, 2.05) is 10.9 Å². The molecule has 3 heteroatoms. The largest absolute Gasteiger partial charge is 0.312 e. The van der Waals surface area contributed by atoms with Crippen molar-refractivity contribution in [1.82, 2.24) is 15.1 Å². The van der Waals surface area contributed by atoms with Gasteiger partial charge in [-0.3, -0.25) is 4.68 Å². The second-order valence-electron chi connectivity index (χ2n) is 5.17. The van der Waals surface area contributed by atoms with Crippen molar-refractivity contribution in [3.05, 3.63) is 18.0 Å². The van der Waals surface area contributed by atoms with Crippen LogP contribution in [0.15, 0.2) is 12.4 Å². The summed E-state index contributed by atoms with van der Waals surface area (Å²) < 4.78 is 2.01. The molecule has 0 bridgehead atoms. The first-order chi connectivity index (χ1) is 7.74. The summed E-state index contributed by atoms with van der Waals surface area (Å²) in [7, 11) is 0. The Morgan fingerprint density at radius 3 is 2.94 bits per heavy atom. The third-order valence-electron chi connectivity index (χ3n) is 3.51. The van der Waals surface area contributed by atoms with Crippen LogP contribution in [0.1, 0.15) is 38.2 Å². The van der Waals surface area contributed by atoms with Gasteiger partial charge in [0.15, 0.2) is 0 Å².